The van der Waals surface area contributed by atoms with Gasteiger partial charge < -0.3 is 34.9 Å². The number of aromatic nitrogens is 2. The number of esters is 1. The van der Waals surface area contributed by atoms with Gasteiger partial charge in [0.2, 0.25) is 11.8 Å². The first-order chi connectivity index (χ1) is 21.7. The number of methoxy groups -OCH3 is 1. The summed E-state index contributed by atoms with van der Waals surface area (Å²) in [6.45, 7) is 9.99. The van der Waals surface area contributed by atoms with Crippen LogP contribution in [0.2, 0.25) is 0 Å². The maximum Gasteiger partial charge on any atom is 0.408 e. The third-order valence-corrected chi connectivity index (χ3v) is 6.47. The molecule has 0 saturated heterocycles. The van der Waals surface area contributed by atoms with Gasteiger partial charge in [0.05, 0.1) is 38.8 Å². The fourth-order valence-corrected chi connectivity index (χ4v) is 4.18. The zero-order valence-electron chi connectivity index (χ0n) is 27.3. The van der Waals surface area contributed by atoms with Crippen molar-refractivity contribution in [3.63, 3.8) is 0 Å². The molecule has 1 unspecified atom stereocenters. The van der Waals surface area contributed by atoms with Crippen molar-refractivity contribution in [3.8, 4) is 5.75 Å². The van der Waals surface area contributed by atoms with Crippen LogP contribution in [0.15, 0.2) is 67.0 Å². The molecule has 1 aromatic heterocycles. The van der Waals surface area contributed by atoms with Crippen LogP contribution in [-0.2, 0) is 35.2 Å². The van der Waals surface area contributed by atoms with E-state index in [4.69, 9.17) is 18.9 Å². The summed E-state index contributed by atoms with van der Waals surface area (Å²) < 4.78 is 23.0. The van der Waals surface area contributed by atoms with Crippen LogP contribution in [-0.4, -0.2) is 71.2 Å². The van der Waals surface area contributed by atoms with Crippen LogP contribution in [0.5, 0.6) is 5.75 Å². The van der Waals surface area contributed by atoms with Crippen LogP contribution in [0.25, 0.3) is 0 Å². The van der Waals surface area contributed by atoms with E-state index < -0.39 is 47.1 Å². The molecule has 3 amide bonds. The number of rotatable bonds is 14. The highest BCUT2D eigenvalue weighted by molar-refractivity contribution is 5.99. The zero-order valence-corrected chi connectivity index (χ0v) is 27.3. The van der Waals surface area contributed by atoms with E-state index in [1.165, 1.54) is 30.9 Å². The number of amides is 3. The van der Waals surface area contributed by atoms with Crippen LogP contribution in [0.4, 0.5) is 10.5 Å². The van der Waals surface area contributed by atoms with Gasteiger partial charge in [-0.05, 0) is 64.8 Å². The Morgan fingerprint density at radius 3 is 2.21 bits per heavy atom. The predicted octanol–water partition coefficient (Wildman–Crippen LogP) is 4.62. The van der Waals surface area contributed by atoms with E-state index in [1.54, 1.807) is 59.1 Å². The smallest absolute Gasteiger partial charge is 0.408 e. The number of anilines is 1. The maximum atomic E-state index is 13.5. The number of hydrogen-bond acceptors (Lipinski definition) is 9. The third-order valence-electron chi connectivity index (χ3n) is 6.47. The van der Waals surface area contributed by atoms with Gasteiger partial charge in [0.15, 0.2) is 6.04 Å². The molecule has 0 fully saturated rings. The van der Waals surface area contributed by atoms with Gasteiger partial charge in [-0.1, -0.05) is 49.9 Å². The molecule has 0 radical (unpaired) electrons. The van der Waals surface area contributed by atoms with Gasteiger partial charge in [0, 0.05) is 6.20 Å². The van der Waals surface area contributed by atoms with Gasteiger partial charge in [0.25, 0.3) is 0 Å². The molecule has 3 aromatic rings. The van der Waals surface area contributed by atoms with Crippen molar-refractivity contribution in [1.29, 1.82) is 0 Å². The van der Waals surface area contributed by atoms with E-state index in [1.807, 2.05) is 30.3 Å². The molecule has 0 spiro atoms. The minimum atomic E-state index is -1.43. The first kappa shape index (κ1) is 38.3. The molecule has 0 aliphatic carbocycles. The fraction of sp³-hybridized carbons (Fsp3) is 0.441. The molecular weight excluding hydrogens is 606 g/mol. The summed E-state index contributed by atoms with van der Waals surface area (Å²) in [5.74, 6) is -1.16. The second kappa shape index (κ2) is 17.1. The van der Waals surface area contributed by atoms with Gasteiger partial charge in [0.1, 0.15) is 22.9 Å². The molecular formula is C34H47N5O8. The first-order valence-corrected chi connectivity index (χ1v) is 14.8. The fourth-order valence-electron chi connectivity index (χ4n) is 4.18. The van der Waals surface area contributed by atoms with Gasteiger partial charge in [-0.2, -0.15) is 5.10 Å². The van der Waals surface area contributed by atoms with Gasteiger partial charge in [-0.25, -0.2) is 9.59 Å². The van der Waals surface area contributed by atoms with Crippen LogP contribution < -0.4 is 20.7 Å². The van der Waals surface area contributed by atoms with Crippen LogP contribution in [0.1, 0.15) is 66.1 Å². The zero-order chi connectivity index (χ0) is 33.9. The van der Waals surface area contributed by atoms with Crippen molar-refractivity contribution in [2.75, 3.05) is 25.6 Å². The lowest BCUT2D eigenvalue weighted by Gasteiger charge is -2.29. The Bertz CT molecular complexity index is 1470. The Hall–Kier alpha value is -4.91. The highest BCUT2D eigenvalue weighted by Gasteiger charge is 2.35. The molecule has 3 rings (SSSR count). The highest BCUT2D eigenvalue weighted by atomic mass is 16.6. The summed E-state index contributed by atoms with van der Waals surface area (Å²) in [4.78, 5) is 52.1. The average molecular weight is 654 g/mol. The van der Waals surface area contributed by atoms with E-state index in [9.17, 15) is 19.2 Å². The Labute approximate surface area is 276 Å². The highest BCUT2D eigenvalue weighted by Crippen LogP contribution is 2.24. The Morgan fingerprint density at radius 1 is 0.957 bits per heavy atom. The van der Waals surface area contributed by atoms with Crippen molar-refractivity contribution in [2.24, 2.45) is 0 Å². The molecule has 0 aliphatic rings. The van der Waals surface area contributed by atoms with Crippen molar-refractivity contribution < 1.29 is 38.1 Å². The first-order valence-electron chi connectivity index (χ1n) is 14.8. The lowest BCUT2D eigenvalue weighted by molar-refractivity contribution is -0.146. The molecule has 0 aliphatic heterocycles. The van der Waals surface area contributed by atoms with Crippen molar-refractivity contribution >= 4 is 29.6 Å². The summed E-state index contributed by atoms with van der Waals surface area (Å²) in [5, 5.41) is 12.2. The summed E-state index contributed by atoms with van der Waals surface area (Å²) in [6.07, 6.45) is 2.08. The van der Waals surface area contributed by atoms with Crippen molar-refractivity contribution in [2.45, 2.75) is 78.8 Å². The molecule has 2 aromatic carbocycles. The standard InChI is InChI=1S/C33H43N5O8.CH4/c1-8-45-29(40)27(23-14-16-25(43-7)17-15-23)38-19-24(18-34-38)35-28(39)26(21-44-20-22-12-10-9-11-13-22)36-30(41)33(5,6)37-31(42)46-32(2,3)4;/h9-19,26-27H,8,20-21H2,1-7H3,(H,35,39)(H,36,41)(H,37,42);1H4/t26-,27?;/m1./s1. The molecule has 256 valence electrons. The topological polar surface area (TPSA) is 159 Å². The molecule has 47 heavy (non-hydrogen) atoms. The van der Waals surface area contributed by atoms with Crippen molar-refractivity contribution in [3.05, 3.63) is 78.1 Å². The molecule has 13 nitrogen and oxygen atoms in total. The minimum absolute atomic E-state index is 0. The number of nitrogens with one attached hydrogen (secondary N) is 3. The maximum absolute atomic E-state index is 13.5. The number of ether oxygens (including phenoxy) is 4. The summed E-state index contributed by atoms with van der Waals surface area (Å²) in [7, 11) is 1.54. The number of hydrogen-bond donors (Lipinski definition) is 3. The molecule has 2 atom stereocenters. The van der Waals surface area contributed by atoms with Gasteiger partial charge in [-0.15, -0.1) is 0 Å². The Kier molecular flexibility index (Phi) is 13.9. The Morgan fingerprint density at radius 2 is 1.62 bits per heavy atom. The second-order valence-electron chi connectivity index (χ2n) is 11.9. The molecule has 0 saturated carbocycles. The molecule has 1 heterocycles. The lowest BCUT2D eigenvalue weighted by atomic mass is 10.0. The van der Waals surface area contributed by atoms with Crippen LogP contribution >= 0.6 is 0 Å². The number of alkyl carbamates (subject to hydrolysis) is 1. The number of carbonyl (C=O) groups excluding carboxylic acids is 4. The summed E-state index contributed by atoms with van der Waals surface area (Å²) >= 11 is 0. The van der Waals surface area contributed by atoms with Gasteiger partial charge in [-0.3, -0.25) is 14.3 Å². The quantitative estimate of drug-likeness (QED) is 0.211. The summed E-state index contributed by atoms with van der Waals surface area (Å²) in [6, 6.07) is 14.1. The molecule has 0 bridgehead atoms. The summed E-state index contributed by atoms with van der Waals surface area (Å²) in [5.41, 5.74) is -0.462. The second-order valence-corrected chi connectivity index (χ2v) is 11.9. The normalized spacial score (nSPS) is 12.5. The number of benzene rings is 2. The molecule has 13 heteroatoms. The van der Waals surface area contributed by atoms with E-state index in [-0.39, 0.29) is 32.9 Å². The van der Waals surface area contributed by atoms with Crippen LogP contribution in [0, 0.1) is 0 Å². The lowest BCUT2D eigenvalue weighted by Crippen LogP contribution is -2.59. The predicted molar refractivity (Wildman–Crippen MR) is 177 cm³/mol. The van der Waals surface area contributed by atoms with Gasteiger partial charge >= 0.3 is 12.1 Å². The monoisotopic (exact) mass is 653 g/mol. The van der Waals surface area contributed by atoms with E-state index in [0.717, 1.165) is 5.56 Å². The largest absolute Gasteiger partial charge is 0.497 e. The average Bonchev–Trinajstić information content (AvgIpc) is 3.43. The van der Waals surface area contributed by atoms with E-state index in [2.05, 4.69) is 21.0 Å². The van der Waals surface area contributed by atoms with Crippen LogP contribution in [0.3, 0.4) is 0 Å². The molecule has 3 N–H and O–H groups in total. The van der Waals surface area contributed by atoms with E-state index >= 15 is 0 Å². The van der Waals surface area contributed by atoms with E-state index in [0.29, 0.717) is 11.3 Å². The SMILES string of the molecule is C.CCOC(=O)C(c1ccc(OC)cc1)n1cc(NC(=O)[C@@H](COCc2ccccc2)NC(=O)C(C)(C)NC(=O)OC(C)(C)C)cn1. The number of carbonyl (C=O) groups is 4. The minimum Gasteiger partial charge on any atom is -0.497 e. The Balaban J connectivity index is 0.00000768. The number of nitrogens with zero attached hydrogens (tertiary/aromatic N) is 2. The third kappa shape index (κ3) is 11.8. The van der Waals surface area contributed by atoms with Crippen molar-refractivity contribution in [1.82, 2.24) is 20.4 Å².